The minimum Gasteiger partial charge on any atom is -0.336 e. The molecule has 32 heavy (non-hydrogen) atoms. The summed E-state index contributed by atoms with van der Waals surface area (Å²) in [6, 6.07) is 15.3. The Balaban J connectivity index is 1.43. The summed E-state index contributed by atoms with van der Waals surface area (Å²) in [5, 5.41) is 8.50. The van der Waals surface area contributed by atoms with Crippen molar-refractivity contribution in [3.8, 4) is 0 Å². The van der Waals surface area contributed by atoms with Crippen LogP contribution in [0.25, 0.3) is 16.6 Å². The molecule has 0 spiro atoms. The molecule has 2 heterocycles. The zero-order chi connectivity index (χ0) is 22.8. The van der Waals surface area contributed by atoms with Crippen LogP contribution in [0.5, 0.6) is 0 Å². The molecule has 8 heteroatoms. The topological polar surface area (TPSA) is 79.6 Å². The van der Waals surface area contributed by atoms with Gasteiger partial charge < -0.3 is 10.2 Å². The summed E-state index contributed by atoms with van der Waals surface area (Å²) in [5.41, 5.74) is 5.27. The third-order valence-electron chi connectivity index (χ3n) is 5.56. The second kappa shape index (κ2) is 9.08. The van der Waals surface area contributed by atoms with Gasteiger partial charge in [-0.2, -0.15) is 5.10 Å². The predicted molar refractivity (Wildman–Crippen MR) is 129 cm³/mol. The van der Waals surface area contributed by atoms with Crippen LogP contribution in [-0.2, 0) is 16.0 Å². The van der Waals surface area contributed by atoms with Crippen molar-refractivity contribution in [1.82, 2.24) is 19.5 Å². The Labute approximate surface area is 194 Å². The maximum absolute atomic E-state index is 12.7. The molecule has 0 aliphatic rings. The first-order valence-corrected chi connectivity index (χ1v) is 11.2. The lowest BCUT2D eigenvalue weighted by Gasteiger charge is -2.18. The molecular weight excluding hydrogens is 470 g/mol. The predicted octanol–water partition coefficient (Wildman–Crippen LogP) is 4.29. The average molecular weight is 494 g/mol. The lowest BCUT2D eigenvalue weighted by molar-refractivity contribution is -0.133. The molecule has 4 aromatic rings. The number of fused-ring (bicyclic) bond motifs is 3. The molecule has 0 atom stereocenters. The summed E-state index contributed by atoms with van der Waals surface area (Å²) in [7, 11) is 1.64. The Morgan fingerprint density at radius 3 is 2.59 bits per heavy atom. The van der Waals surface area contributed by atoms with E-state index in [0.717, 1.165) is 38.0 Å². The van der Waals surface area contributed by atoms with Gasteiger partial charge in [-0.15, -0.1) is 0 Å². The van der Waals surface area contributed by atoms with Gasteiger partial charge in [0.05, 0.1) is 17.7 Å². The third kappa shape index (κ3) is 4.36. The highest BCUT2D eigenvalue weighted by Gasteiger charge is 2.17. The number of aromatic nitrogens is 3. The largest absolute Gasteiger partial charge is 0.336 e. The molecule has 0 saturated heterocycles. The van der Waals surface area contributed by atoms with Gasteiger partial charge in [-0.3, -0.25) is 9.59 Å². The molecule has 0 fully saturated rings. The Bertz CT molecular complexity index is 1330. The van der Waals surface area contributed by atoms with E-state index in [1.54, 1.807) is 13.1 Å². The minimum absolute atomic E-state index is 0.0139. The first-order chi connectivity index (χ1) is 15.3. The number of nitrogens with zero attached hydrogens (tertiary/aromatic N) is 4. The number of likely N-dealkylation sites (N-methyl/N-ethyl adjacent to an activating group) is 1. The monoisotopic (exact) mass is 493 g/mol. The van der Waals surface area contributed by atoms with Gasteiger partial charge in [0.15, 0.2) is 5.65 Å². The molecule has 0 bridgehead atoms. The fourth-order valence-corrected chi connectivity index (χ4v) is 4.20. The number of carbonyl (C=O) groups excluding carboxylic acids is 2. The maximum atomic E-state index is 12.7. The number of para-hydroxylation sites is 1. The number of rotatable bonds is 6. The lowest BCUT2D eigenvalue weighted by Crippen LogP contribution is -2.35. The Morgan fingerprint density at radius 1 is 1.09 bits per heavy atom. The summed E-state index contributed by atoms with van der Waals surface area (Å²) in [6.07, 6.45) is 0.820. The van der Waals surface area contributed by atoms with Crippen LogP contribution >= 0.6 is 15.9 Å². The summed E-state index contributed by atoms with van der Waals surface area (Å²) in [4.78, 5) is 31.2. The highest BCUT2D eigenvalue weighted by atomic mass is 79.9. The quantitative estimate of drug-likeness (QED) is 0.434. The minimum atomic E-state index is -0.244. The van der Waals surface area contributed by atoms with E-state index < -0.39 is 0 Å². The number of hydrogen-bond donors (Lipinski definition) is 1. The van der Waals surface area contributed by atoms with Gasteiger partial charge in [0.1, 0.15) is 0 Å². The first-order valence-electron chi connectivity index (χ1n) is 10.4. The van der Waals surface area contributed by atoms with Crippen molar-refractivity contribution in [2.45, 2.75) is 26.7 Å². The second-order valence-electron chi connectivity index (χ2n) is 7.79. The Morgan fingerprint density at radius 2 is 1.81 bits per heavy atom. The van der Waals surface area contributed by atoms with Gasteiger partial charge in [0.25, 0.3) is 0 Å². The number of amides is 2. The molecule has 7 nitrogen and oxygen atoms in total. The van der Waals surface area contributed by atoms with Crippen molar-refractivity contribution in [3.05, 3.63) is 70.0 Å². The summed E-state index contributed by atoms with van der Waals surface area (Å²) in [6.45, 7) is 3.95. The van der Waals surface area contributed by atoms with Crippen molar-refractivity contribution in [3.63, 3.8) is 0 Å². The van der Waals surface area contributed by atoms with E-state index in [0.29, 0.717) is 12.1 Å². The highest BCUT2D eigenvalue weighted by Crippen LogP contribution is 2.23. The second-order valence-corrected chi connectivity index (χ2v) is 8.65. The van der Waals surface area contributed by atoms with Gasteiger partial charge in [0.2, 0.25) is 11.8 Å². The fourth-order valence-electron chi connectivity index (χ4n) is 3.82. The van der Waals surface area contributed by atoms with Gasteiger partial charge in [-0.25, -0.2) is 9.50 Å². The first kappa shape index (κ1) is 22.0. The van der Waals surface area contributed by atoms with Crippen LogP contribution in [0.2, 0.25) is 0 Å². The van der Waals surface area contributed by atoms with Crippen LogP contribution in [0.3, 0.4) is 0 Å². The molecule has 0 saturated carbocycles. The van der Waals surface area contributed by atoms with Crippen molar-refractivity contribution in [2.75, 3.05) is 18.9 Å². The molecule has 0 aliphatic carbocycles. The van der Waals surface area contributed by atoms with E-state index in [2.05, 4.69) is 26.3 Å². The Hall–Kier alpha value is -3.26. The number of benzene rings is 2. The van der Waals surface area contributed by atoms with Gasteiger partial charge in [-0.05, 0) is 66.0 Å². The molecule has 2 aromatic heterocycles. The zero-order valence-corrected chi connectivity index (χ0v) is 19.8. The molecule has 2 amide bonds. The lowest BCUT2D eigenvalue weighted by atomic mass is 10.1. The summed E-state index contributed by atoms with van der Waals surface area (Å²) >= 11 is 3.40. The average Bonchev–Trinajstić information content (AvgIpc) is 3.14. The van der Waals surface area contributed by atoms with E-state index in [1.165, 1.54) is 4.90 Å². The van der Waals surface area contributed by atoms with E-state index >= 15 is 0 Å². The maximum Gasteiger partial charge on any atom is 0.244 e. The van der Waals surface area contributed by atoms with Crippen LogP contribution in [0, 0.1) is 13.8 Å². The number of hydrogen-bond acceptors (Lipinski definition) is 4. The molecule has 1 N–H and O–H groups in total. The SMILES string of the molecule is Cc1nc2c3ccccc3nn2c(C)c1CCC(=O)N(C)CC(=O)Nc1ccccc1Br. The van der Waals surface area contributed by atoms with Gasteiger partial charge >= 0.3 is 0 Å². The van der Waals surface area contributed by atoms with Crippen molar-refractivity contribution in [1.29, 1.82) is 0 Å². The highest BCUT2D eigenvalue weighted by molar-refractivity contribution is 9.10. The van der Waals surface area contributed by atoms with E-state index in [1.807, 2.05) is 60.8 Å². The number of nitrogens with one attached hydrogen (secondary N) is 1. The molecule has 2 aromatic carbocycles. The van der Waals surface area contributed by atoms with Gasteiger partial charge in [0, 0.05) is 34.7 Å². The summed E-state index contributed by atoms with van der Waals surface area (Å²) in [5.74, 6) is -0.344. The normalized spacial score (nSPS) is 11.1. The van der Waals surface area contributed by atoms with Crippen LogP contribution in [0.1, 0.15) is 23.4 Å². The van der Waals surface area contributed by atoms with Crippen LogP contribution in [0.4, 0.5) is 5.69 Å². The molecular formula is C24H24BrN5O2. The molecule has 0 unspecified atom stereocenters. The van der Waals surface area contributed by atoms with E-state index in [4.69, 9.17) is 4.98 Å². The van der Waals surface area contributed by atoms with Crippen molar-refractivity contribution < 1.29 is 9.59 Å². The number of anilines is 1. The molecule has 0 aliphatic heterocycles. The van der Waals surface area contributed by atoms with Crippen molar-refractivity contribution in [2.24, 2.45) is 0 Å². The number of carbonyl (C=O) groups is 2. The molecule has 4 rings (SSSR count). The van der Waals surface area contributed by atoms with Crippen molar-refractivity contribution >= 4 is 50.0 Å². The third-order valence-corrected chi connectivity index (χ3v) is 6.25. The van der Waals surface area contributed by atoms with Gasteiger partial charge in [-0.1, -0.05) is 24.3 Å². The van der Waals surface area contributed by atoms with E-state index in [9.17, 15) is 9.59 Å². The number of halogens is 1. The smallest absolute Gasteiger partial charge is 0.244 e. The van der Waals surface area contributed by atoms with Crippen LogP contribution < -0.4 is 5.32 Å². The Kier molecular flexibility index (Phi) is 6.23. The fraction of sp³-hybridized carbons (Fsp3) is 0.250. The van der Waals surface area contributed by atoms with Crippen LogP contribution in [0.15, 0.2) is 53.0 Å². The molecule has 0 radical (unpaired) electrons. The zero-order valence-electron chi connectivity index (χ0n) is 18.2. The standard InChI is InChI=1S/C24H24BrN5O2/c1-15-17(16(2)30-24(26-15)18-8-4-6-10-20(18)28-30)12-13-23(32)29(3)14-22(31)27-21-11-7-5-9-19(21)25/h4-11H,12-14H2,1-3H3,(H,27,31). The van der Waals surface area contributed by atoms with E-state index in [-0.39, 0.29) is 24.8 Å². The number of aryl methyl sites for hydroxylation is 2. The van der Waals surface area contributed by atoms with Crippen LogP contribution in [-0.4, -0.2) is 44.9 Å². The summed E-state index contributed by atoms with van der Waals surface area (Å²) < 4.78 is 2.65. The molecule has 164 valence electrons.